The molecule has 1 saturated heterocycles. The quantitative estimate of drug-likeness (QED) is 0.773. The molecule has 1 aliphatic heterocycles. The lowest BCUT2D eigenvalue weighted by Crippen LogP contribution is -2.57. The largest absolute Gasteiger partial charge is 0.376 e. The van der Waals surface area contributed by atoms with Crippen LogP contribution in [0.2, 0.25) is 0 Å². The third-order valence-corrected chi connectivity index (χ3v) is 3.94. The van der Waals surface area contributed by atoms with Crippen molar-refractivity contribution in [3.63, 3.8) is 0 Å². The van der Waals surface area contributed by atoms with Crippen LogP contribution in [0.25, 0.3) is 0 Å². The highest BCUT2D eigenvalue weighted by molar-refractivity contribution is 4.88. The minimum atomic E-state index is 0.374. The van der Waals surface area contributed by atoms with Crippen LogP contribution in [0.15, 0.2) is 0 Å². The van der Waals surface area contributed by atoms with Crippen molar-refractivity contribution in [1.29, 1.82) is 0 Å². The van der Waals surface area contributed by atoms with Gasteiger partial charge in [-0.25, -0.2) is 0 Å². The number of nitrogens with one attached hydrogen (secondary N) is 1. The molecule has 3 nitrogen and oxygen atoms in total. The van der Waals surface area contributed by atoms with E-state index in [1.54, 1.807) is 0 Å². The van der Waals surface area contributed by atoms with E-state index in [1.165, 1.54) is 19.3 Å². The molecular formula is C14H30N2O. The van der Waals surface area contributed by atoms with Crippen LogP contribution in [-0.4, -0.2) is 49.3 Å². The molecule has 17 heavy (non-hydrogen) atoms. The van der Waals surface area contributed by atoms with Crippen molar-refractivity contribution in [3.8, 4) is 0 Å². The minimum absolute atomic E-state index is 0.374. The summed E-state index contributed by atoms with van der Waals surface area (Å²) < 4.78 is 5.73. The second kappa shape index (κ2) is 7.34. The summed E-state index contributed by atoms with van der Waals surface area (Å²) in [6, 6.07) is 1.79. The van der Waals surface area contributed by atoms with Gasteiger partial charge in [-0.1, -0.05) is 20.3 Å². The Balaban J connectivity index is 2.69. The molecule has 1 N–H and O–H groups in total. The van der Waals surface area contributed by atoms with Gasteiger partial charge in [-0.2, -0.15) is 0 Å². The van der Waals surface area contributed by atoms with Crippen molar-refractivity contribution >= 4 is 0 Å². The van der Waals surface area contributed by atoms with Gasteiger partial charge in [-0.3, -0.25) is 4.90 Å². The van der Waals surface area contributed by atoms with E-state index in [0.717, 1.165) is 13.2 Å². The number of nitrogens with zero attached hydrogens (tertiary/aromatic N) is 1. The Labute approximate surface area is 107 Å². The van der Waals surface area contributed by atoms with Gasteiger partial charge < -0.3 is 10.1 Å². The highest BCUT2D eigenvalue weighted by Crippen LogP contribution is 2.20. The normalized spacial score (nSPS) is 30.2. The van der Waals surface area contributed by atoms with Gasteiger partial charge >= 0.3 is 0 Å². The molecular weight excluding hydrogens is 212 g/mol. The topological polar surface area (TPSA) is 24.5 Å². The van der Waals surface area contributed by atoms with Gasteiger partial charge in [0, 0.05) is 24.7 Å². The summed E-state index contributed by atoms with van der Waals surface area (Å²) >= 11 is 0. The fourth-order valence-corrected chi connectivity index (χ4v) is 2.98. The van der Waals surface area contributed by atoms with Crippen LogP contribution in [-0.2, 0) is 4.74 Å². The van der Waals surface area contributed by atoms with Crippen LogP contribution < -0.4 is 5.32 Å². The third-order valence-electron chi connectivity index (χ3n) is 3.94. The van der Waals surface area contributed by atoms with Crippen LogP contribution in [0.3, 0.4) is 0 Å². The number of likely N-dealkylation sites (N-methyl/N-ethyl adjacent to an activating group) is 1. The van der Waals surface area contributed by atoms with Crippen molar-refractivity contribution in [2.45, 2.75) is 71.2 Å². The molecule has 0 amide bonds. The highest BCUT2D eigenvalue weighted by atomic mass is 16.5. The first-order valence-electron chi connectivity index (χ1n) is 7.18. The molecule has 1 fully saturated rings. The predicted octanol–water partition coefficient (Wildman–Crippen LogP) is 2.26. The standard InChI is InChI=1S/C14H30N2O/c1-6-8-13(15-5)14(7-2)16-9-12(4)17-10-11(16)3/h11-15H,6-10H2,1-5H3. The molecule has 0 aromatic carbocycles. The van der Waals surface area contributed by atoms with Crippen LogP contribution in [0.4, 0.5) is 0 Å². The molecule has 0 radical (unpaired) electrons. The lowest BCUT2D eigenvalue weighted by atomic mass is 9.97. The van der Waals surface area contributed by atoms with Crippen LogP contribution in [0.1, 0.15) is 47.0 Å². The number of hydrogen-bond acceptors (Lipinski definition) is 3. The van der Waals surface area contributed by atoms with E-state index in [2.05, 4.69) is 45.0 Å². The number of morpholine rings is 1. The summed E-state index contributed by atoms with van der Waals surface area (Å²) in [6.45, 7) is 11.0. The summed E-state index contributed by atoms with van der Waals surface area (Å²) in [6.07, 6.45) is 4.09. The summed E-state index contributed by atoms with van der Waals surface area (Å²) in [4.78, 5) is 2.64. The maximum Gasteiger partial charge on any atom is 0.0674 e. The summed E-state index contributed by atoms with van der Waals surface area (Å²) in [7, 11) is 2.09. The first-order valence-corrected chi connectivity index (χ1v) is 7.18. The Morgan fingerprint density at radius 1 is 1.35 bits per heavy atom. The first-order chi connectivity index (χ1) is 8.13. The Kier molecular flexibility index (Phi) is 6.45. The van der Waals surface area contributed by atoms with Crippen LogP contribution in [0.5, 0.6) is 0 Å². The van der Waals surface area contributed by atoms with E-state index in [4.69, 9.17) is 4.74 Å². The Morgan fingerprint density at radius 3 is 2.59 bits per heavy atom. The molecule has 0 bridgehead atoms. The molecule has 1 heterocycles. The average molecular weight is 242 g/mol. The molecule has 4 atom stereocenters. The van der Waals surface area contributed by atoms with E-state index in [1.807, 2.05) is 0 Å². The maximum absolute atomic E-state index is 5.73. The summed E-state index contributed by atoms with van der Waals surface area (Å²) in [5.41, 5.74) is 0. The first kappa shape index (κ1) is 14.9. The van der Waals surface area contributed by atoms with Gasteiger partial charge in [0.25, 0.3) is 0 Å². The predicted molar refractivity (Wildman–Crippen MR) is 73.4 cm³/mol. The SMILES string of the molecule is CCCC(NC)C(CC)N1CC(C)OCC1C. The van der Waals surface area contributed by atoms with E-state index in [9.17, 15) is 0 Å². The second-order valence-electron chi connectivity index (χ2n) is 5.35. The molecule has 4 unspecified atom stereocenters. The van der Waals surface area contributed by atoms with Crippen molar-refractivity contribution in [2.24, 2.45) is 0 Å². The van der Waals surface area contributed by atoms with Crippen molar-refractivity contribution in [1.82, 2.24) is 10.2 Å². The monoisotopic (exact) mass is 242 g/mol. The van der Waals surface area contributed by atoms with E-state index < -0.39 is 0 Å². The van der Waals surface area contributed by atoms with Gasteiger partial charge in [-0.15, -0.1) is 0 Å². The molecule has 1 rings (SSSR count). The zero-order valence-electron chi connectivity index (χ0n) is 12.2. The molecule has 0 aromatic heterocycles. The van der Waals surface area contributed by atoms with Gasteiger partial charge in [0.1, 0.15) is 0 Å². The highest BCUT2D eigenvalue weighted by Gasteiger charge is 2.32. The van der Waals surface area contributed by atoms with Gasteiger partial charge in [-0.05, 0) is 33.7 Å². The van der Waals surface area contributed by atoms with E-state index in [0.29, 0.717) is 24.2 Å². The zero-order valence-corrected chi connectivity index (χ0v) is 12.2. The Morgan fingerprint density at radius 2 is 2.06 bits per heavy atom. The molecule has 0 aromatic rings. The number of rotatable bonds is 6. The van der Waals surface area contributed by atoms with Crippen LogP contribution in [0, 0.1) is 0 Å². The van der Waals surface area contributed by atoms with Crippen molar-refractivity contribution < 1.29 is 4.74 Å². The molecule has 0 saturated carbocycles. The Bertz CT molecular complexity index is 210. The molecule has 3 heteroatoms. The fraction of sp³-hybridized carbons (Fsp3) is 1.00. The molecule has 0 aliphatic carbocycles. The fourth-order valence-electron chi connectivity index (χ4n) is 2.98. The number of ether oxygens (including phenoxy) is 1. The van der Waals surface area contributed by atoms with E-state index in [-0.39, 0.29) is 0 Å². The lowest BCUT2D eigenvalue weighted by molar-refractivity contribution is -0.0721. The van der Waals surface area contributed by atoms with Gasteiger partial charge in [0.05, 0.1) is 12.7 Å². The molecule has 0 spiro atoms. The second-order valence-corrected chi connectivity index (χ2v) is 5.35. The van der Waals surface area contributed by atoms with Crippen molar-refractivity contribution in [3.05, 3.63) is 0 Å². The van der Waals surface area contributed by atoms with Crippen molar-refractivity contribution in [2.75, 3.05) is 20.2 Å². The van der Waals surface area contributed by atoms with Crippen LogP contribution >= 0.6 is 0 Å². The average Bonchev–Trinajstić information content (AvgIpc) is 2.33. The van der Waals surface area contributed by atoms with Gasteiger partial charge in [0.2, 0.25) is 0 Å². The number of hydrogen-bond donors (Lipinski definition) is 1. The smallest absolute Gasteiger partial charge is 0.0674 e. The molecule has 102 valence electrons. The molecule has 1 aliphatic rings. The minimum Gasteiger partial charge on any atom is -0.376 e. The zero-order chi connectivity index (χ0) is 12.8. The maximum atomic E-state index is 5.73. The third kappa shape index (κ3) is 3.94. The summed E-state index contributed by atoms with van der Waals surface area (Å²) in [5.74, 6) is 0. The van der Waals surface area contributed by atoms with Gasteiger partial charge in [0.15, 0.2) is 0 Å². The Hall–Kier alpha value is -0.120. The van der Waals surface area contributed by atoms with E-state index >= 15 is 0 Å². The lowest BCUT2D eigenvalue weighted by Gasteiger charge is -2.44. The summed E-state index contributed by atoms with van der Waals surface area (Å²) in [5, 5.41) is 3.50.